The molecule has 2 aliphatic rings. The van der Waals surface area contributed by atoms with E-state index in [1.165, 1.54) is 12.5 Å². The Morgan fingerprint density at radius 3 is 2.58 bits per heavy atom. The molecule has 2 aromatic rings. The summed E-state index contributed by atoms with van der Waals surface area (Å²) in [6.07, 6.45) is 1.17. The highest BCUT2D eigenvalue weighted by molar-refractivity contribution is 5.94. The summed E-state index contributed by atoms with van der Waals surface area (Å²) in [6, 6.07) is 13.3. The van der Waals surface area contributed by atoms with E-state index in [2.05, 4.69) is 10.2 Å². The fourth-order valence-electron chi connectivity index (χ4n) is 3.53. The number of para-hydroxylation sites is 1. The van der Waals surface area contributed by atoms with Crippen molar-refractivity contribution in [3.05, 3.63) is 59.9 Å². The Balaban J connectivity index is 1.40. The van der Waals surface area contributed by atoms with Gasteiger partial charge in [0.15, 0.2) is 11.6 Å². The molecular formula is C19H19FN2O2. The van der Waals surface area contributed by atoms with E-state index in [1.807, 2.05) is 0 Å². The molecule has 2 aromatic carbocycles. The number of benzene rings is 2. The molecule has 1 amide bonds. The summed E-state index contributed by atoms with van der Waals surface area (Å²) in [7, 11) is 0. The number of halogens is 1. The molecule has 0 saturated carbocycles. The van der Waals surface area contributed by atoms with E-state index >= 15 is 0 Å². The Bertz CT molecular complexity index is 747. The van der Waals surface area contributed by atoms with Gasteiger partial charge in [-0.2, -0.15) is 0 Å². The molecule has 4 nitrogen and oxygen atoms in total. The molecule has 0 spiro atoms. The number of hydrogen-bond acceptors (Lipinski definition) is 3. The molecule has 3 atom stereocenters. The summed E-state index contributed by atoms with van der Waals surface area (Å²) in [5, 5.41) is 3.12. The van der Waals surface area contributed by atoms with E-state index in [9.17, 15) is 9.18 Å². The molecular weight excluding hydrogens is 307 g/mol. The minimum atomic E-state index is -0.411. The van der Waals surface area contributed by atoms with Crippen LogP contribution in [0.5, 0.6) is 11.5 Å². The van der Waals surface area contributed by atoms with Crippen molar-refractivity contribution in [3.63, 3.8) is 0 Å². The number of nitrogens with one attached hydrogen (secondary N) is 1. The molecule has 1 N–H and O–H groups in total. The van der Waals surface area contributed by atoms with Crippen molar-refractivity contribution in [3.8, 4) is 11.5 Å². The maximum absolute atomic E-state index is 13.6. The van der Waals surface area contributed by atoms with Gasteiger partial charge in [-0.15, -0.1) is 0 Å². The largest absolute Gasteiger partial charge is 0.454 e. The fourth-order valence-corrected chi connectivity index (χ4v) is 3.53. The minimum Gasteiger partial charge on any atom is -0.454 e. The van der Waals surface area contributed by atoms with Crippen molar-refractivity contribution in [1.82, 2.24) is 10.2 Å². The lowest BCUT2D eigenvalue weighted by Gasteiger charge is -2.23. The third kappa shape index (κ3) is 2.99. The molecule has 2 aliphatic heterocycles. The van der Waals surface area contributed by atoms with Crippen molar-refractivity contribution < 1.29 is 13.9 Å². The van der Waals surface area contributed by atoms with E-state index in [1.54, 1.807) is 42.5 Å². The Labute approximate surface area is 140 Å². The summed E-state index contributed by atoms with van der Waals surface area (Å²) >= 11 is 0. The Hall–Kier alpha value is -2.40. The number of rotatable bonds is 4. The van der Waals surface area contributed by atoms with Gasteiger partial charge >= 0.3 is 0 Å². The number of amides is 1. The van der Waals surface area contributed by atoms with Gasteiger partial charge in [0.2, 0.25) is 0 Å². The van der Waals surface area contributed by atoms with Gasteiger partial charge in [0.1, 0.15) is 5.75 Å². The maximum atomic E-state index is 13.6. The van der Waals surface area contributed by atoms with Gasteiger partial charge in [-0.25, -0.2) is 4.39 Å². The highest BCUT2D eigenvalue weighted by atomic mass is 19.1. The molecule has 3 unspecified atom stereocenters. The number of ether oxygens (including phenoxy) is 1. The van der Waals surface area contributed by atoms with Crippen LogP contribution in [0.3, 0.4) is 0 Å². The maximum Gasteiger partial charge on any atom is 0.251 e. The molecule has 5 heteroatoms. The predicted molar refractivity (Wildman–Crippen MR) is 88.7 cm³/mol. The standard InChI is InChI=1S/C19H19FN2O2/c20-16-3-1-2-4-18(16)24-15-7-5-13(6-8-15)19(23)21-17-12-22-10-9-14(17)11-22/h1-8,14,17H,9-12H2,(H,21,23). The normalized spacial score (nSPS) is 24.8. The molecule has 4 rings (SSSR count). The monoisotopic (exact) mass is 326 g/mol. The molecule has 124 valence electrons. The predicted octanol–water partition coefficient (Wildman–Crippen LogP) is 3.05. The third-order valence-corrected chi connectivity index (χ3v) is 4.83. The Morgan fingerprint density at radius 2 is 1.92 bits per heavy atom. The van der Waals surface area contributed by atoms with Crippen molar-refractivity contribution in [2.75, 3.05) is 19.6 Å². The third-order valence-electron chi connectivity index (χ3n) is 4.83. The van der Waals surface area contributed by atoms with Gasteiger partial charge in [-0.1, -0.05) is 12.1 Å². The quantitative estimate of drug-likeness (QED) is 0.939. The molecule has 0 radical (unpaired) electrons. The second kappa shape index (κ2) is 6.24. The van der Waals surface area contributed by atoms with Gasteiger partial charge < -0.3 is 15.0 Å². The summed E-state index contributed by atoms with van der Waals surface area (Å²) in [5.41, 5.74) is 0.591. The summed E-state index contributed by atoms with van der Waals surface area (Å²) in [4.78, 5) is 14.8. The van der Waals surface area contributed by atoms with Crippen molar-refractivity contribution in [1.29, 1.82) is 0 Å². The molecule has 0 aliphatic carbocycles. The zero-order chi connectivity index (χ0) is 16.5. The lowest BCUT2D eigenvalue weighted by molar-refractivity contribution is 0.0924. The van der Waals surface area contributed by atoms with Gasteiger partial charge in [-0.05, 0) is 55.3 Å². The summed E-state index contributed by atoms with van der Waals surface area (Å²) in [5.74, 6) is 0.780. The van der Waals surface area contributed by atoms with Gasteiger partial charge in [-0.3, -0.25) is 4.79 Å². The van der Waals surface area contributed by atoms with E-state index in [0.29, 0.717) is 17.2 Å². The molecule has 2 heterocycles. The van der Waals surface area contributed by atoms with Crippen LogP contribution in [0.2, 0.25) is 0 Å². The van der Waals surface area contributed by atoms with E-state index in [4.69, 9.17) is 4.74 Å². The van der Waals surface area contributed by atoms with Crippen LogP contribution in [0.25, 0.3) is 0 Å². The number of piperidine rings is 1. The van der Waals surface area contributed by atoms with Crippen LogP contribution in [0.4, 0.5) is 4.39 Å². The summed E-state index contributed by atoms with van der Waals surface area (Å²) < 4.78 is 19.1. The van der Waals surface area contributed by atoms with Crippen LogP contribution in [-0.4, -0.2) is 36.5 Å². The van der Waals surface area contributed by atoms with E-state index in [-0.39, 0.29) is 17.7 Å². The second-order valence-electron chi connectivity index (χ2n) is 6.45. The molecule has 24 heavy (non-hydrogen) atoms. The molecule has 0 aromatic heterocycles. The lowest BCUT2D eigenvalue weighted by atomic mass is 9.99. The average molecular weight is 326 g/mol. The number of nitrogens with zero attached hydrogens (tertiary/aromatic N) is 1. The Morgan fingerprint density at radius 1 is 1.12 bits per heavy atom. The van der Waals surface area contributed by atoms with Gasteiger partial charge in [0, 0.05) is 24.7 Å². The molecule has 2 bridgehead atoms. The minimum absolute atomic E-state index is 0.0637. The Kier molecular flexibility index (Phi) is 3.94. The highest BCUT2D eigenvalue weighted by Gasteiger charge is 2.38. The zero-order valence-corrected chi connectivity index (χ0v) is 13.2. The molecule has 2 saturated heterocycles. The SMILES string of the molecule is O=C(NC1CN2CCC1C2)c1ccc(Oc2ccccc2F)cc1. The number of fused-ring (bicyclic) bond motifs is 2. The van der Waals surface area contributed by atoms with Crippen LogP contribution >= 0.6 is 0 Å². The van der Waals surface area contributed by atoms with Crippen molar-refractivity contribution in [2.45, 2.75) is 12.5 Å². The number of carbonyl (C=O) groups excluding carboxylic acids is 1. The first-order valence-electron chi connectivity index (χ1n) is 8.25. The van der Waals surface area contributed by atoms with Gasteiger partial charge in [0.25, 0.3) is 5.91 Å². The number of hydrogen-bond donors (Lipinski definition) is 1. The van der Waals surface area contributed by atoms with Crippen LogP contribution in [0.1, 0.15) is 16.8 Å². The van der Waals surface area contributed by atoms with Crippen LogP contribution in [-0.2, 0) is 0 Å². The van der Waals surface area contributed by atoms with E-state index in [0.717, 1.165) is 19.6 Å². The van der Waals surface area contributed by atoms with Gasteiger partial charge in [0.05, 0.1) is 0 Å². The van der Waals surface area contributed by atoms with Crippen LogP contribution in [0, 0.1) is 11.7 Å². The smallest absolute Gasteiger partial charge is 0.251 e. The first kappa shape index (κ1) is 15.1. The summed E-state index contributed by atoms with van der Waals surface area (Å²) in [6.45, 7) is 3.20. The highest BCUT2D eigenvalue weighted by Crippen LogP contribution is 2.28. The second-order valence-corrected chi connectivity index (χ2v) is 6.45. The van der Waals surface area contributed by atoms with Crippen LogP contribution in [0.15, 0.2) is 48.5 Å². The first-order chi connectivity index (χ1) is 11.7. The lowest BCUT2D eigenvalue weighted by Crippen LogP contribution is -2.43. The van der Waals surface area contributed by atoms with Crippen molar-refractivity contribution >= 4 is 5.91 Å². The fraction of sp³-hybridized carbons (Fsp3) is 0.316. The number of carbonyl (C=O) groups is 1. The molecule has 2 fully saturated rings. The topological polar surface area (TPSA) is 41.6 Å². The van der Waals surface area contributed by atoms with Crippen LogP contribution < -0.4 is 10.1 Å². The van der Waals surface area contributed by atoms with E-state index < -0.39 is 5.82 Å². The zero-order valence-electron chi connectivity index (χ0n) is 13.2. The van der Waals surface area contributed by atoms with Crippen molar-refractivity contribution in [2.24, 2.45) is 5.92 Å². The first-order valence-corrected chi connectivity index (χ1v) is 8.25. The average Bonchev–Trinajstić information content (AvgIpc) is 3.20.